The molecule has 1 saturated heterocycles. The molecule has 0 aromatic heterocycles. The van der Waals surface area contributed by atoms with Crippen molar-refractivity contribution >= 4 is 29.6 Å². The molecule has 2 rings (SSSR count). The van der Waals surface area contributed by atoms with Crippen LogP contribution in [0.25, 0.3) is 0 Å². The Balaban J connectivity index is 0.000000956. The molecule has 0 radical (unpaired) electrons. The van der Waals surface area contributed by atoms with E-state index in [4.69, 9.17) is 0 Å². The van der Waals surface area contributed by atoms with Gasteiger partial charge in [-0.15, -0.1) is 5.06 Å². The van der Waals surface area contributed by atoms with Gasteiger partial charge in [0.15, 0.2) is 0 Å². The molecule has 0 aromatic rings. The fraction of sp³-hybridized carbons (Fsp3) is 0.417. The average Bonchev–Trinajstić information content (AvgIpc) is 2.91. The van der Waals surface area contributed by atoms with Gasteiger partial charge < -0.3 is 4.84 Å². The van der Waals surface area contributed by atoms with Gasteiger partial charge in [-0.3, -0.25) is 24.1 Å². The first kappa shape index (κ1) is 15.5. The van der Waals surface area contributed by atoms with Crippen molar-refractivity contribution in [2.45, 2.75) is 26.7 Å². The highest BCUT2D eigenvalue weighted by Gasteiger charge is 2.34. The summed E-state index contributed by atoms with van der Waals surface area (Å²) in [6, 6.07) is 0. The molecule has 20 heavy (non-hydrogen) atoms. The van der Waals surface area contributed by atoms with Gasteiger partial charge in [-0.05, 0) is 0 Å². The first-order valence-electron chi connectivity index (χ1n) is 6.09. The molecule has 0 atom stereocenters. The number of amides is 4. The van der Waals surface area contributed by atoms with E-state index in [-0.39, 0.29) is 12.8 Å². The van der Waals surface area contributed by atoms with Crippen LogP contribution in [0.5, 0.6) is 0 Å². The van der Waals surface area contributed by atoms with Crippen LogP contribution in [0.3, 0.4) is 0 Å². The fourth-order valence-electron chi connectivity index (χ4n) is 1.50. The lowest BCUT2D eigenvalue weighted by Gasteiger charge is -2.16. The second-order valence-corrected chi connectivity index (χ2v) is 3.64. The Morgan fingerprint density at radius 2 is 1.50 bits per heavy atom. The highest BCUT2D eigenvalue weighted by atomic mass is 16.7. The lowest BCUT2D eigenvalue weighted by Crippen LogP contribution is -2.40. The molecule has 2 aliphatic heterocycles. The predicted octanol–water partition coefficient (Wildman–Crippen LogP) is -0.455. The lowest BCUT2D eigenvalue weighted by atomic mass is 10.4. The van der Waals surface area contributed by atoms with E-state index in [1.54, 1.807) is 0 Å². The van der Waals surface area contributed by atoms with Crippen molar-refractivity contribution in [3.8, 4) is 0 Å². The van der Waals surface area contributed by atoms with Crippen molar-refractivity contribution in [2.24, 2.45) is 0 Å². The second kappa shape index (κ2) is 6.60. The van der Waals surface area contributed by atoms with Crippen LogP contribution in [0.4, 0.5) is 0 Å². The summed E-state index contributed by atoms with van der Waals surface area (Å²) in [4.78, 5) is 61.2. The number of nitrogens with zero attached hydrogens (tertiary/aromatic N) is 2. The molecular weight excluding hydrogens is 268 g/mol. The monoisotopic (exact) mass is 282 g/mol. The van der Waals surface area contributed by atoms with Gasteiger partial charge in [0.25, 0.3) is 23.6 Å². The van der Waals surface area contributed by atoms with Crippen molar-refractivity contribution in [3.05, 3.63) is 12.2 Å². The molecule has 0 saturated carbocycles. The summed E-state index contributed by atoms with van der Waals surface area (Å²) in [5, 5.41) is 0.362. The van der Waals surface area contributed by atoms with Crippen LogP contribution in [0.1, 0.15) is 26.7 Å². The Morgan fingerprint density at radius 1 is 1.05 bits per heavy atom. The van der Waals surface area contributed by atoms with Crippen LogP contribution in [-0.2, 0) is 28.8 Å². The summed E-state index contributed by atoms with van der Waals surface area (Å²) < 4.78 is 0. The maximum absolute atomic E-state index is 11.4. The van der Waals surface area contributed by atoms with Crippen molar-refractivity contribution in [1.82, 2.24) is 9.96 Å². The van der Waals surface area contributed by atoms with Crippen LogP contribution >= 0.6 is 0 Å². The first-order valence-corrected chi connectivity index (χ1v) is 6.09. The van der Waals surface area contributed by atoms with Crippen LogP contribution in [0, 0.1) is 0 Å². The van der Waals surface area contributed by atoms with E-state index in [1.807, 2.05) is 13.8 Å². The van der Waals surface area contributed by atoms with Crippen molar-refractivity contribution in [1.29, 1.82) is 0 Å². The van der Waals surface area contributed by atoms with E-state index in [1.165, 1.54) is 0 Å². The quantitative estimate of drug-likeness (QED) is 0.649. The minimum Gasteiger partial charge on any atom is -0.328 e. The number of hydroxylamine groups is 2. The van der Waals surface area contributed by atoms with Crippen LogP contribution in [-0.4, -0.2) is 46.1 Å². The van der Waals surface area contributed by atoms with E-state index in [0.29, 0.717) is 9.96 Å². The van der Waals surface area contributed by atoms with Gasteiger partial charge in [0.2, 0.25) is 0 Å². The minimum absolute atomic E-state index is 0.0186. The Morgan fingerprint density at radius 3 is 1.95 bits per heavy atom. The Kier molecular flexibility index (Phi) is 5.13. The standard InChI is InChI=1S/C10H8N2O6.C2H6/c13-6-1-2-7(14)11(6)5-10(17)18-12-8(15)3-4-9(12)16;1-2/h1-2H,3-5H2;1-2H3. The third-order valence-corrected chi connectivity index (χ3v) is 2.39. The Labute approximate surface area is 114 Å². The molecule has 8 heteroatoms. The molecular formula is C12H14N2O6. The van der Waals surface area contributed by atoms with Gasteiger partial charge in [0.05, 0.1) is 0 Å². The molecule has 0 bridgehead atoms. The molecule has 0 aliphatic carbocycles. The van der Waals surface area contributed by atoms with Gasteiger partial charge in [-0.25, -0.2) is 4.79 Å². The lowest BCUT2D eigenvalue weighted by molar-refractivity contribution is -0.198. The maximum Gasteiger partial charge on any atom is 0.352 e. The molecule has 2 aliphatic rings. The number of carbonyl (C=O) groups excluding carboxylic acids is 5. The smallest absolute Gasteiger partial charge is 0.328 e. The first-order chi connectivity index (χ1) is 9.49. The Hall–Kier alpha value is -2.51. The maximum atomic E-state index is 11.4. The summed E-state index contributed by atoms with van der Waals surface area (Å²) >= 11 is 0. The van der Waals surface area contributed by atoms with E-state index in [2.05, 4.69) is 4.84 Å². The molecule has 108 valence electrons. The van der Waals surface area contributed by atoms with Gasteiger partial charge in [0, 0.05) is 25.0 Å². The van der Waals surface area contributed by atoms with E-state index < -0.39 is 36.1 Å². The van der Waals surface area contributed by atoms with E-state index in [0.717, 1.165) is 12.2 Å². The van der Waals surface area contributed by atoms with E-state index >= 15 is 0 Å². The van der Waals surface area contributed by atoms with Gasteiger partial charge in [-0.2, -0.15) is 0 Å². The molecule has 0 spiro atoms. The number of hydrogen-bond donors (Lipinski definition) is 0. The molecule has 2 heterocycles. The minimum atomic E-state index is -1.02. The number of rotatable bonds is 3. The SMILES string of the molecule is CC.O=C(CN1C(=O)C=CC1=O)ON1C(=O)CCC1=O. The molecule has 0 N–H and O–H groups in total. The molecule has 4 amide bonds. The summed E-state index contributed by atoms with van der Waals surface area (Å²) in [7, 11) is 0. The topological polar surface area (TPSA) is 101 Å². The fourth-order valence-corrected chi connectivity index (χ4v) is 1.50. The highest BCUT2D eigenvalue weighted by molar-refractivity contribution is 6.14. The van der Waals surface area contributed by atoms with Crippen molar-refractivity contribution in [3.63, 3.8) is 0 Å². The normalized spacial score (nSPS) is 17.5. The second-order valence-electron chi connectivity index (χ2n) is 3.64. The third-order valence-electron chi connectivity index (χ3n) is 2.39. The Bertz CT molecular complexity index is 456. The molecule has 0 aromatic carbocycles. The third kappa shape index (κ3) is 3.28. The summed E-state index contributed by atoms with van der Waals surface area (Å²) in [6.45, 7) is 3.36. The number of imide groups is 2. The molecule has 8 nitrogen and oxygen atoms in total. The number of hydrogen-bond acceptors (Lipinski definition) is 6. The van der Waals surface area contributed by atoms with Crippen LogP contribution in [0.15, 0.2) is 12.2 Å². The average molecular weight is 282 g/mol. The predicted molar refractivity (Wildman–Crippen MR) is 64.4 cm³/mol. The van der Waals surface area contributed by atoms with Gasteiger partial charge >= 0.3 is 5.97 Å². The zero-order chi connectivity index (χ0) is 15.3. The largest absolute Gasteiger partial charge is 0.352 e. The number of carbonyl (C=O) groups is 5. The molecule has 0 unspecified atom stereocenters. The van der Waals surface area contributed by atoms with Crippen molar-refractivity contribution < 1.29 is 28.8 Å². The van der Waals surface area contributed by atoms with Crippen LogP contribution < -0.4 is 0 Å². The summed E-state index contributed by atoms with van der Waals surface area (Å²) in [6.07, 6.45) is 1.99. The summed E-state index contributed by atoms with van der Waals surface area (Å²) in [5.74, 6) is -3.55. The highest BCUT2D eigenvalue weighted by Crippen LogP contribution is 2.12. The zero-order valence-corrected chi connectivity index (χ0v) is 11.1. The van der Waals surface area contributed by atoms with Gasteiger partial charge in [0.1, 0.15) is 6.54 Å². The van der Waals surface area contributed by atoms with E-state index in [9.17, 15) is 24.0 Å². The molecule has 1 fully saturated rings. The summed E-state index contributed by atoms with van der Waals surface area (Å²) in [5.41, 5.74) is 0. The van der Waals surface area contributed by atoms with Gasteiger partial charge in [-0.1, -0.05) is 13.8 Å². The van der Waals surface area contributed by atoms with Crippen LogP contribution in [0.2, 0.25) is 0 Å². The van der Waals surface area contributed by atoms with Crippen molar-refractivity contribution in [2.75, 3.05) is 6.54 Å². The zero-order valence-electron chi connectivity index (χ0n) is 11.1.